The van der Waals surface area contributed by atoms with Crippen LogP contribution in [0.25, 0.3) is 0 Å². The smallest absolute Gasteiger partial charge is 0.155 e. The summed E-state index contributed by atoms with van der Waals surface area (Å²) in [4.78, 5) is 10.8. The van der Waals surface area contributed by atoms with Crippen LogP contribution >= 0.6 is 0 Å². The van der Waals surface area contributed by atoms with Gasteiger partial charge in [-0.3, -0.25) is 4.79 Å². The summed E-state index contributed by atoms with van der Waals surface area (Å²) < 4.78 is 0. The first-order chi connectivity index (χ1) is 4.81. The lowest BCUT2D eigenvalue weighted by Crippen LogP contribution is -1.89. The molecule has 0 aromatic heterocycles. The van der Waals surface area contributed by atoms with Gasteiger partial charge in [-0.25, -0.2) is 0 Å². The standard InChI is InChI=1S/C9H12O/c1-3-5-7-9(10)8-6-4-2/h3-5,7H,1-2,6,8H2/b7-5+. The van der Waals surface area contributed by atoms with Gasteiger partial charge in [0, 0.05) is 6.42 Å². The molecule has 1 heteroatoms. The second kappa shape index (κ2) is 6.02. The van der Waals surface area contributed by atoms with Crippen LogP contribution in [0, 0.1) is 0 Å². The number of ketones is 1. The second-order valence-electron chi connectivity index (χ2n) is 1.89. The fraction of sp³-hybridized carbons (Fsp3) is 0.222. The first kappa shape index (κ1) is 8.89. The van der Waals surface area contributed by atoms with E-state index in [-0.39, 0.29) is 5.78 Å². The summed E-state index contributed by atoms with van der Waals surface area (Å²) in [6.45, 7) is 6.97. The fourth-order valence-electron chi connectivity index (χ4n) is 0.503. The van der Waals surface area contributed by atoms with Gasteiger partial charge in [0.25, 0.3) is 0 Å². The molecule has 0 rings (SSSR count). The first-order valence-corrected chi connectivity index (χ1v) is 3.24. The van der Waals surface area contributed by atoms with Crippen molar-refractivity contribution in [1.29, 1.82) is 0 Å². The van der Waals surface area contributed by atoms with E-state index in [1.54, 1.807) is 18.2 Å². The highest BCUT2D eigenvalue weighted by molar-refractivity contribution is 5.89. The second-order valence-corrected chi connectivity index (χ2v) is 1.89. The molecule has 0 aromatic rings. The fourth-order valence-corrected chi connectivity index (χ4v) is 0.503. The van der Waals surface area contributed by atoms with Crippen LogP contribution in [0.1, 0.15) is 12.8 Å². The Labute approximate surface area is 61.8 Å². The highest BCUT2D eigenvalue weighted by Gasteiger charge is 1.90. The molecule has 0 fully saturated rings. The lowest BCUT2D eigenvalue weighted by molar-refractivity contribution is -0.114. The number of carbonyl (C=O) groups excluding carboxylic acids is 1. The van der Waals surface area contributed by atoms with Gasteiger partial charge < -0.3 is 0 Å². The summed E-state index contributed by atoms with van der Waals surface area (Å²) in [5.41, 5.74) is 0. The zero-order valence-corrected chi connectivity index (χ0v) is 6.05. The Morgan fingerprint density at radius 1 is 1.40 bits per heavy atom. The van der Waals surface area contributed by atoms with Crippen LogP contribution in [0.2, 0.25) is 0 Å². The third kappa shape index (κ3) is 5.04. The van der Waals surface area contributed by atoms with Crippen LogP contribution in [-0.4, -0.2) is 5.78 Å². The topological polar surface area (TPSA) is 17.1 Å². The summed E-state index contributed by atoms with van der Waals surface area (Å²) in [5.74, 6) is 0.125. The molecule has 0 aliphatic carbocycles. The van der Waals surface area contributed by atoms with Gasteiger partial charge in [-0.1, -0.05) is 24.8 Å². The molecule has 0 heterocycles. The SMILES string of the molecule is C=C/C=C/C(=O)CCC=C. The predicted octanol–water partition coefficient (Wildman–Crippen LogP) is 2.26. The molecule has 0 aliphatic rings. The van der Waals surface area contributed by atoms with Crippen molar-refractivity contribution in [2.24, 2.45) is 0 Å². The van der Waals surface area contributed by atoms with E-state index in [4.69, 9.17) is 0 Å². The third-order valence-electron chi connectivity index (χ3n) is 1.01. The molecule has 0 unspecified atom stereocenters. The average molecular weight is 136 g/mol. The van der Waals surface area contributed by atoms with Gasteiger partial charge in [0.15, 0.2) is 5.78 Å². The van der Waals surface area contributed by atoms with Gasteiger partial charge in [-0.2, -0.15) is 0 Å². The molecule has 0 radical (unpaired) electrons. The largest absolute Gasteiger partial charge is 0.295 e. The number of rotatable bonds is 5. The van der Waals surface area contributed by atoms with E-state index in [1.165, 1.54) is 6.08 Å². The Bertz CT molecular complexity index is 154. The van der Waals surface area contributed by atoms with E-state index < -0.39 is 0 Å². The highest BCUT2D eigenvalue weighted by Crippen LogP contribution is 1.92. The minimum Gasteiger partial charge on any atom is -0.295 e. The quantitative estimate of drug-likeness (QED) is 0.322. The van der Waals surface area contributed by atoms with Crippen molar-refractivity contribution >= 4 is 5.78 Å². The minimum absolute atomic E-state index is 0.125. The average Bonchev–Trinajstić information content (AvgIpc) is 1.97. The van der Waals surface area contributed by atoms with Crippen molar-refractivity contribution in [3.8, 4) is 0 Å². The maximum Gasteiger partial charge on any atom is 0.155 e. The number of hydrogen-bond acceptors (Lipinski definition) is 1. The lowest BCUT2D eigenvalue weighted by Gasteiger charge is -1.86. The van der Waals surface area contributed by atoms with Gasteiger partial charge in [-0.15, -0.1) is 6.58 Å². The Kier molecular flexibility index (Phi) is 5.35. The van der Waals surface area contributed by atoms with Gasteiger partial charge in [-0.05, 0) is 12.5 Å². The molecule has 10 heavy (non-hydrogen) atoms. The van der Waals surface area contributed by atoms with Crippen molar-refractivity contribution < 1.29 is 4.79 Å². The van der Waals surface area contributed by atoms with E-state index in [1.807, 2.05) is 0 Å². The monoisotopic (exact) mass is 136 g/mol. The maximum absolute atomic E-state index is 10.8. The van der Waals surface area contributed by atoms with Crippen molar-refractivity contribution in [3.63, 3.8) is 0 Å². The molecule has 0 spiro atoms. The molecule has 0 bridgehead atoms. The van der Waals surface area contributed by atoms with Crippen LogP contribution < -0.4 is 0 Å². The van der Waals surface area contributed by atoms with E-state index in [9.17, 15) is 4.79 Å². The van der Waals surface area contributed by atoms with Crippen molar-refractivity contribution in [1.82, 2.24) is 0 Å². The zero-order chi connectivity index (χ0) is 7.82. The lowest BCUT2D eigenvalue weighted by atomic mass is 10.2. The Morgan fingerprint density at radius 3 is 2.60 bits per heavy atom. The summed E-state index contributed by atoms with van der Waals surface area (Å²) in [6.07, 6.45) is 7.79. The van der Waals surface area contributed by atoms with Crippen LogP contribution in [0.4, 0.5) is 0 Å². The molecule has 1 nitrogen and oxygen atoms in total. The van der Waals surface area contributed by atoms with E-state index in [0.717, 1.165) is 6.42 Å². The number of carbonyl (C=O) groups is 1. The molecular formula is C9H12O. The third-order valence-corrected chi connectivity index (χ3v) is 1.01. The molecule has 0 aliphatic heterocycles. The van der Waals surface area contributed by atoms with Gasteiger partial charge >= 0.3 is 0 Å². The molecule has 0 aromatic carbocycles. The first-order valence-electron chi connectivity index (χ1n) is 3.24. The Balaban J connectivity index is 3.52. The zero-order valence-electron chi connectivity index (χ0n) is 6.05. The molecule has 54 valence electrons. The number of hydrogen-bond donors (Lipinski definition) is 0. The van der Waals surface area contributed by atoms with Crippen molar-refractivity contribution in [3.05, 3.63) is 37.5 Å². The van der Waals surface area contributed by atoms with Crippen molar-refractivity contribution in [2.75, 3.05) is 0 Å². The van der Waals surface area contributed by atoms with E-state index >= 15 is 0 Å². The van der Waals surface area contributed by atoms with Crippen LogP contribution in [-0.2, 0) is 4.79 Å². The predicted molar refractivity (Wildman–Crippen MR) is 43.8 cm³/mol. The Hall–Kier alpha value is -1.11. The number of allylic oxidation sites excluding steroid dienone is 4. The minimum atomic E-state index is 0.125. The van der Waals surface area contributed by atoms with Crippen LogP contribution in [0.5, 0.6) is 0 Å². The normalized spacial score (nSPS) is 9.60. The summed E-state index contributed by atoms with van der Waals surface area (Å²) in [7, 11) is 0. The van der Waals surface area contributed by atoms with Crippen LogP contribution in [0.15, 0.2) is 37.5 Å². The summed E-state index contributed by atoms with van der Waals surface area (Å²) in [6, 6.07) is 0. The van der Waals surface area contributed by atoms with Gasteiger partial charge in [0.2, 0.25) is 0 Å². The van der Waals surface area contributed by atoms with E-state index in [2.05, 4.69) is 13.2 Å². The van der Waals surface area contributed by atoms with Gasteiger partial charge in [0.05, 0.1) is 0 Å². The molecule has 0 saturated heterocycles. The molecule has 0 atom stereocenters. The van der Waals surface area contributed by atoms with Crippen molar-refractivity contribution in [2.45, 2.75) is 12.8 Å². The molecular weight excluding hydrogens is 124 g/mol. The Morgan fingerprint density at radius 2 is 2.10 bits per heavy atom. The van der Waals surface area contributed by atoms with Crippen LogP contribution in [0.3, 0.4) is 0 Å². The highest BCUT2D eigenvalue weighted by atomic mass is 16.1. The van der Waals surface area contributed by atoms with E-state index in [0.29, 0.717) is 6.42 Å². The summed E-state index contributed by atoms with van der Waals surface area (Å²) >= 11 is 0. The maximum atomic E-state index is 10.8. The van der Waals surface area contributed by atoms with Gasteiger partial charge in [0.1, 0.15) is 0 Å². The summed E-state index contributed by atoms with van der Waals surface area (Å²) in [5, 5.41) is 0. The molecule has 0 N–H and O–H groups in total. The molecule has 0 saturated carbocycles. The molecule has 0 amide bonds.